The summed E-state index contributed by atoms with van der Waals surface area (Å²) in [5, 5.41) is 15.3. The molecule has 7 nitrogen and oxygen atoms in total. The van der Waals surface area contributed by atoms with Gasteiger partial charge in [0.25, 0.3) is 0 Å². The fourth-order valence-corrected chi connectivity index (χ4v) is 4.11. The Morgan fingerprint density at radius 2 is 1.89 bits per heavy atom. The van der Waals surface area contributed by atoms with Gasteiger partial charge in [-0.2, -0.15) is 0 Å². The number of aromatic hydroxyl groups is 1. The predicted molar refractivity (Wildman–Crippen MR) is 108 cm³/mol. The van der Waals surface area contributed by atoms with E-state index in [4.69, 9.17) is 0 Å². The molecule has 1 amide bonds. The lowest BCUT2D eigenvalue weighted by Gasteiger charge is -2.34. The number of hydrogen-bond acceptors (Lipinski definition) is 6. The second-order valence-corrected chi connectivity index (χ2v) is 7.20. The molecule has 0 bridgehead atoms. The number of carbonyl (C=O) groups is 1. The highest BCUT2D eigenvalue weighted by molar-refractivity contribution is 6.06. The van der Waals surface area contributed by atoms with E-state index >= 15 is 0 Å². The molecule has 1 fully saturated rings. The molecule has 2 aliphatic rings. The molecule has 5 rings (SSSR count). The molecule has 7 heteroatoms. The number of nitrogens with zero attached hydrogens (tertiary/aromatic N) is 4. The number of phenolic OH excluding ortho intramolecular Hbond substituents is 1. The quantitative estimate of drug-likeness (QED) is 0.711. The Bertz CT molecular complexity index is 1060. The third kappa shape index (κ3) is 2.84. The number of benzene rings is 2. The van der Waals surface area contributed by atoms with Crippen LogP contribution in [0, 0.1) is 0 Å². The highest BCUT2D eigenvalue weighted by atomic mass is 16.3. The van der Waals surface area contributed by atoms with Crippen molar-refractivity contribution >= 4 is 28.2 Å². The van der Waals surface area contributed by atoms with Gasteiger partial charge in [0.2, 0.25) is 5.91 Å². The summed E-state index contributed by atoms with van der Waals surface area (Å²) in [4.78, 5) is 26.0. The first-order chi connectivity index (χ1) is 13.7. The molecule has 2 aliphatic heterocycles. The number of amides is 1. The molecule has 0 unspecified atom stereocenters. The minimum absolute atomic E-state index is 0.00515. The maximum absolute atomic E-state index is 13.1. The molecule has 2 aromatic carbocycles. The third-order valence-electron chi connectivity index (χ3n) is 5.48. The average molecular weight is 375 g/mol. The van der Waals surface area contributed by atoms with Crippen molar-refractivity contribution in [2.24, 2.45) is 0 Å². The number of piperazine rings is 1. The number of nitrogens with one attached hydrogen (secondary N) is 1. The van der Waals surface area contributed by atoms with E-state index in [1.807, 2.05) is 24.3 Å². The number of carbonyl (C=O) groups excluding carboxylic acids is 1. The lowest BCUT2D eigenvalue weighted by Crippen LogP contribution is -2.45. The fraction of sp³-hybridized carbons (Fsp3) is 0.286. The van der Waals surface area contributed by atoms with Gasteiger partial charge in [-0.3, -0.25) is 4.79 Å². The highest BCUT2D eigenvalue weighted by Gasteiger charge is 2.30. The van der Waals surface area contributed by atoms with E-state index in [1.165, 1.54) is 0 Å². The van der Waals surface area contributed by atoms with Gasteiger partial charge < -0.3 is 20.2 Å². The lowest BCUT2D eigenvalue weighted by molar-refractivity contribution is -0.118. The Labute approximate surface area is 162 Å². The van der Waals surface area contributed by atoms with Crippen molar-refractivity contribution in [1.82, 2.24) is 15.3 Å². The summed E-state index contributed by atoms with van der Waals surface area (Å²) in [5.41, 5.74) is 2.51. The highest BCUT2D eigenvalue weighted by Crippen LogP contribution is 2.35. The van der Waals surface area contributed by atoms with Gasteiger partial charge in [0.1, 0.15) is 17.9 Å². The van der Waals surface area contributed by atoms with Crippen molar-refractivity contribution in [1.29, 1.82) is 0 Å². The van der Waals surface area contributed by atoms with Crippen LogP contribution < -0.4 is 15.1 Å². The van der Waals surface area contributed by atoms with Gasteiger partial charge in [-0.25, -0.2) is 9.97 Å². The molecule has 0 aliphatic carbocycles. The van der Waals surface area contributed by atoms with Crippen molar-refractivity contribution in [3.05, 3.63) is 54.0 Å². The van der Waals surface area contributed by atoms with Crippen molar-refractivity contribution in [3.63, 3.8) is 0 Å². The van der Waals surface area contributed by atoms with Gasteiger partial charge in [0.05, 0.1) is 24.3 Å². The van der Waals surface area contributed by atoms with E-state index in [9.17, 15) is 9.90 Å². The molecule has 2 N–H and O–H groups in total. The van der Waals surface area contributed by atoms with Crippen molar-refractivity contribution in [3.8, 4) is 5.75 Å². The van der Waals surface area contributed by atoms with Gasteiger partial charge in [-0.1, -0.05) is 24.3 Å². The molecule has 0 radical (unpaired) electrons. The van der Waals surface area contributed by atoms with Crippen molar-refractivity contribution in [2.45, 2.75) is 13.0 Å². The van der Waals surface area contributed by atoms with Crippen LogP contribution in [0.25, 0.3) is 10.8 Å². The number of anilines is 2. The summed E-state index contributed by atoms with van der Waals surface area (Å²) in [5.74, 6) is 1.02. The normalized spacial score (nSPS) is 17.1. The van der Waals surface area contributed by atoms with Crippen LogP contribution in [0.3, 0.4) is 0 Å². The van der Waals surface area contributed by atoms with Crippen LogP contribution in [0.2, 0.25) is 0 Å². The third-order valence-corrected chi connectivity index (χ3v) is 5.48. The Morgan fingerprint density at radius 1 is 1.07 bits per heavy atom. The second-order valence-electron chi connectivity index (χ2n) is 7.20. The van der Waals surface area contributed by atoms with Gasteiger partial charge in [0, 0.05) is 43.2 Å². The first-order valence-electron chi connectivity index (χ1n) is 9.51. The SMILES string of the molecule is O=C1Cc2c(ncnc2N2CCNCC2)CN1c1cc(O)cc2ccccc12. The summed E-state index contributed by atoms with van der Waals surface area (Å²) in [6.45, 7) is 3.95. The summed E-state index contributed by atoms with van der Waals surface area (Å²) in [7, 11) is 0. The Balaban J connectivity index is 1.56. The number of aromatic nitrogens is 2. The fourth-order valence-electron chi connectivity index (χ4n) is 4.11. The molecule has 0 atom stereocenters. The summed E-state index contributed by atoms with van der Waals surface area (Å²) < 4.78 is 0. The van der Waals surface area contributed by atoms with Crippen LogP contribution in [-0.2, 0) is 17.8 Å². The molecule has 1 aromatic heterocycles. The monoisotopic (exact) mass is 375 g/mol. The minimum Gasteiger partial charge on any atom is -0.508 e. The molecular weight excluding hydrogens is 354 g/mol. The summed E-state index contributed by atoms with van der Waals surface area (Å²) in [6.07, 6.45) is 1.85. The van der Waals surface area contributed by atoms with Crippen LogP contribution in [0.4, 0.5) is 11.5 Å². The number of phenols is 1. The molecule has 3 heterocycles. The minimum atomic E-state index is -0.00515. The molecule has 3 aromatic rings. The van der Waals surface area contributed by atoms with E-state index in [1.54, 1.807) is 23.4 Å². The average Bonchev–Trinajstić information content (AvgIpc) is 2.73. The van der Waals surface area contributed by atoms with Gasteiger partial charge in [0.15, 0.2) is 0 Å². The molecule has 28 heavy (non-hydrogen) atoms. The second kappa shape index (κ2) is 6.76. The zero-order valence-electron chi connectivity index (χ0n) is 15.4. The largest absolute Gasteiger partial charge is 0.508 e. The Kier molecular flexibility index (Phi) is 4.09. The van der Waals surface area contributed by atoms with Crippen molar-refractivity contribution in [2.75, 3.05) is 36.0 Å². The van der Waals surface area contributed by atoms with Gasteiger partial charge >= 0.3 is 0 Å². The molecule has 0 saturated carbocycles. The topological polar surface area (TPSA) is 81.6 Å². The standard InChI is InChI=1S/C21H21N5O2/c27-15-9-14-3-1-2-4-16(14)19(10-15)26-12-18-17(11-20(26)28)21(24-13-23-18)25-7-5-22-6-8-25/h1-4,9-10,13,22,27H,5-8,11-12H2. The maximum atomic E-state index is 13.1. The first-order valence-corrected chi connectivity index (χ1v) is 9.51. The number of hydrogen-bond donors (Lipinski definition) is 2. The van der Waals surface area contributed by atoms with E-state index in [0.29, 0.717) is 12.2 Å². The number of fused-ring (bicyclic) bond motifs is 2. The lowest BCUT2D eigenvalue weighted by atomic mass is 10.0. The van der Waals surface area contributed by atoms with E-state index in [0.717, 1.165) is 54.0 Å². The summed E-state index contributed by atoms with van der Waals surface area (Å²) >= 11 is 0. The molecule has 142 valence electrons. The first kappa shape index (κ1) is 16.9. The number of rotatable bonds is 2. The van der Waals surface area contributed by atoms with Gasteiger partial charge in [-0.15, -0.1) is 0 Å². The molecule has 0 spiro atoms. The zero-order chi connectivity index (χ0) is 19.1. The van der Waals surface area contributed by atoms with Crippen LogP contribution in [-0.4, -0.2) is 47.2 Å². The van der Waals surface area contributed by atoms with Crippen LogP contribution in [0.5, 0.6) is 5.75 Å². The zero-order valence-corrected chi connectivity index (χ0v) is 15.4. The van der Waals surface area contributed by atoms with Crippen LogP contribution >= 0.6 is 0 Å². The predicted octanol–water partition coefficient (Wildman–Crippen LogP) is 1.83. The van der Waals surface area contributed by atoms with Crippen molar-refractivity contribution < 1.29 is 9.90 Å². The van der Waals surface area contributed by atoms with E-state index < -0.39 is 0 Å². The van der Waals surface area contributed by atoms with Crippen LogP contribution in [0.1, 0.15) is 11.3 Å². The van der Waals surface area contributed by atoms with Crippen LogP contribution in [0.15, 0.2) is 42.7 Å². The van der Waals surface area contributed by atoms with E-state index in [-0.39, 0.29) is 18.1 Å². The summed E-state index contributed by atoms with van der Waals surface area (Å²) in [6, 6.07) is 11.1. The van der Waals surface area contributed by atoms with Gasteiger partial charge in [-0.05, 0) is 11.5 Å². The smallest absolute Gasteiger partial charge is 0.232 e. The Morgan fingerprint density at radius 3 is 2.75 bits per heavy atom. The maximum Gasteiger partial charge on any atom is 0.232 e. The van der Waals surface area contributed by atoms with E-state index in [2.05, 4.69) is 20.2 Å². The molecular formula is C21H21N5O2. The molecule has 1 saturated heterocycles. The Hall–Kier alpha value is -3.19.